The second-order valence-electron chi connectivity index (χ2n) is 8.64. The largest absolute Gasteiger partial charge is 0.324 e. The summed E-state index contributed by atoms with van der Waals surface area (Å²) in [4.78, 5) is 16.8. The average Bonchev–Trinajstić information content (AvgIpc) is 3.44. The average molecular weight is 487 g/mol. The first-order valence-electron chi connectivity index (χ1n) is 10.7. The fourth-order valence-electron chi connectivity index (χ4n) is 4.52. The molecule has 2 aromatic carbocycles. The maximum atomic E-state index is 12.8. The third-order valence-corrected chi connectivity index (χ3v) is 7.77. The molecule has 3 aromatic rings. The van der Waals surface area contributed by atoms with Gasteiger partial charge >= 0.3 is 6.03 Å². The smallest absolute Gasteiger partial charge is 0.320 e. The molecule has 3 heterocycles. The van der Waals surface area contributed by atoms with Gasteiger partial charge in [-0.15, -0.1) is 5.10 Å². The summed E-state index contributed by atoms with van der Waals surface area (Å²) in [5, 5.41) is 14.4. The van der Waals surface area contributed by atoms with Gasteiger partial charge in [0.2, 0.25) is 0 Å². The van der Waals surface area contributed by atoms with Gasteiger partial charge in [0.15, 0.2) is 15.7 Å². The molecule has 0 radical (unpaired) electrons. The first-order valence-corrected chi connectivity index (χ1v) is 12.9. The third-order valence-electron chi connectivity index (χ3n) is 6.40. The number of rotatable bonds is 4. The highest BCUT2D eigenvalue weighted by Crippen LogP contribution is 2.34. The molecule has 1 unspecified atom stereocenters. The summed E-state index contributed by atoms with van der Waals surface area (Å²) in [6.45, 7) is 2.65. The number of tetrazole rings is 1. The lowest BCUT2D eigenvalue weighted by atomic mass is 9.90. The lowest BCUT2D eigenvalue weighted by molar-refractivity contribution is 0.121. The van der Waals surface area contributed by atoms with Crippen molar-refractivity contribution >= 4 is 27.5 Å². The van der Waals surface area contributed by atoms with Crippen molar-refractivity contribution in [2.24, 2.45) is 0 Å². The fraction of sp³-hybridized carbons (Fsp3) is 0.364. The van der Waals surface area contributed by atoms with Crippen LogP contribution in [0.25, 0.3) is 11.1 Å². The topological polar surface area (TPSA) is 112 Å². The molecule has 2 fully saturated rings. The number of H-pyrrole nitrogens is 1. The Morgan fingerprint density at radius 2 is 1.79 bits per heavy atom. The van der Waals surface area contributed by atoms with E-state index in [0.29, 0.717) is 36.8 Å². The summed E-state index contributed by atoms with van der Waals surface area (Å²) in [6, 6.07) is 12.8. The maximum Gasteiger partial charge on any atom is 0.320 e. The molecule has 5 rings (SSSR count). The van der Waals surface area contributed by atoms with Crippen LogP contribution in [-0.4, -0.2) is 77.3 Å². The molecule has 0 spiro atoms. The Bertz CT molecular complexity index is 1270. The summed E-state index contributed by atoms with van der Waals surface area (Å²) in [5.41, 5.74) is 2.57. The number of amides is 2. The third kappa shape index (κ3) is 4.32. The predicted molar refractivity (Wildman–Crippen MR) is 123 cm³/mol. The summed E-state index contributed by atoms with van der Waals surface area (Å²) >= 11 is 6.01. The Morgan fingerprint density at radius 1 is 1.06 bits per heavy atom. The van der Waals surface area contributed by atoms with Gasteiger partial charge in [0.1, 0.15) is 0 Å². The second kappa shape index (κ2) is 8.42. The number of aromatic nitrogens is 4. The van der Waals surface area contributed by atoms with Crippen LogP contribution in [0.4, 0.5) is 4.79 Å². The lowest BCUT2D eigenvalue weighted by Crippen LogP contribution is -2.53. The summed E-state index contributed by atoms with van der Waals surface area (Å²) in [6.07, 6.45) is 2.03. The van der Waals surface area contributed by atoms with Crippen molar-refractivity contribution in [1.82, 2.24) is 30.4 Å². The number of halogens is 1. The molecule has 2 aliphatic heterocycles. The molecule has 2 aliphatic rings. The molecule has 11 heteroatoms. The number of nitrogens with one attached hydrogen (secondary N) is 1. The molecule has 33 heavy (non-hydrogen) atoms. The molecule has 2 amide bonds. The standard InChI is InChI=1S/C22H23ClN6O3S/c1-33(31,32)20-10-18(23)6-7-19(20)15-4-2-14(3-5-15)17-12-29(13-17)22(30)28-9-8-16(11-28)21-24-26-27-25-21/h2-7,10,16-17H,8-9,11-13H2,1H3,(H,24,25,26,27). The van der Waals surface area contributed by atoms with Crippen molar-refractivity contribution in [3.05, 3.63) is 58.9 Å². The van der Waals surface area contributed by atoms with Crippen molar-refractivity contribution in [2.75, 3.05) is 32.4 Å². The second-order valence-corrected chi connectivity index (χ2v) is 11.1. The Balaban J connectivity index is 1.22. The van der Waals surface area contributed by atoms with E-state index < -0.39 is 9.84 Å². The first kappa shape index (κ1) is 21.8. The Hall–Kier alpha value is -2.98. The van der Waals surface area contributed by atoms with Gasteiger partial charge in [-0.05, 0) is 40.1 Å². The normalized spacial score (nSPS) is 19.0. The molecule has 0 bridgehead atoms. The van der Waals surface area contributed by atoms with Crippen molar-refractivity contribution in [1.29, 1.82) is 0 Å². The van der Waals surface area contributed by atoms with Crippen LogP contribution in [-0.2, 0) is 9.84 Å². The number of aromatic amines is 1. The van der Waals surface area contributed by atoms with Gasteiger partial charge in [-0.2, -0.15) is 0 Å². The van der Waals surface area contributed by atoms with Gasteiger partial charge in [-0.25, -0.2) is 18.3 Å². The monoisotopic (exact) mass is 486 g/mol. The minimum absolute atomic E-state index is 0.0526. The van der Waals surface area contributed by atoms with Crippen molar-refractivity contribution < 1.29 is 13.2 Å². The van der Waals surface area contributed by atoms with Crippen LogP contribution in [0.2, 0.25) is 5.02 Å². The van der Waals surface area contributed by atoms with E-state index in [1.165, 1.54) is 12.3 Å². The molecule has 1 aromatic heterocycles. The molecular formula is C22H23ClN6O3S. The highest BCUT2D eigenvalue weighted by molar-refractivity contribution is 7.90. The van der Waals surface area contributed by atoms with E-state index in [4.69, 9.17) is 11.6 Å². The number of nitrogens with zero attached hydrogens (tertiary/aromatic N) is 5. The van der Waals surface area contributed by atoms with E-state index in [-0.39, 0.29) is 22.8 Å². The highest BCUT2D eigenvalue weighted by atomic mass is 35.5. The van der Waals surface area contributed by atoms with Crippen LogP contribution < -0.4 is 0 Å². The van der Waals surface area contributed by atoms with Gasteiger partial charge in [0, 0.05) is 54.9 Å². The SMILES string of the molecule is CS(=O)(=O)c1cc(Cl)ccc1-c1ccc(C2CN(C(=O)N3CCC(c4nnn[nH]4)C3)C2)cc1. The molecule has 1 atom stereocenters. The summed E-state index contributed by atoms with van der Waals surface area (Å²) in [7, 11) is -3.41. The van der Waals surface area contributed by atoms with E-state index in [0.717, 1.165) is 23.4 Å². The zero-order valence-electron chi connectivity index (χ0n) is 18.0. The van der Waals surface area contributed by atoms with Crippen LogP contribution in [0.5, 0.6) is 0 Å². The number of carbonyl (C=O) groups is 1. The fourth-order valence-corrected chi connectivity index (χ4v) is 5.68. The first-order chi connectivity index (χ1) is 15.8. The predicted octanol–water partition coefficient (Wildman–Crippen LogP) is 2.93. The molecule has 9 nitrogen and oxygen atoms in total. The zero-order valence-corrected chi connectivity index (χ0v) is 19.6. The summed E-state index contributed by atoms with van der Waals surface area (Å²) in [5.74, 6) is 1.14. The Morgan fingerprint density at radius 3 is 2.45 bits per heavy atom. The molecule has 2 saturated heterocycles. The minimum Gasteiger partial charge on any atom is -0.324 e. The van der Waals surface area contributed by atoms with Crippen LogP contribution in [0, 0.1) is 0 Å². The van der Waals surface area contributed by atoms with Crippen molar-refractivity contribution in [2.45, 2.75) is 23.2 Å². The van der Waals surface area contributed by atoms with Crippen molar-refractivity contribution in [3.63, 3.8) is 0 Å². The Kier molecular flexibility index (Phi) is 5.57. The van der Waals surface area contributed by atoms with Crippen LogP contribution in [0.3, 0.4) is 0 Å². The van der Waals surface area contributed by atoms with Gasteiger partial charge in [0.05, 0.1) is 4.90 Å². The van der Waals surface area contributed by atoms with E-state index in [9.17, 15) is 13.2 Å². The van der Waals surface area contributed by atoms with E-state index in [1.54, 1.807) is 12.1 Å². The number of benzene rings is 2. The van der Waals surface area contributed by atoms with Crippen LogP contribution in [0.15, 0.2) is 47.4 Å². The molecular weight excluding hydrogens is 464 g/mol. The molecule has 0 saturated carbocycles. The summed E-state index contributed by atoms with van der Waals surface area (Å²) < 4.78 is 24.4. The van der Waals surface area contributed by atoms with Gasteiger partial charge in [-0.3, -0.25) is 0 Å². The van der Waals surface area contributed by atoms with Crippen LogP contribution >= 0.6 is 11.6 Å². The number of hydrogen-bond acceptors (Lipinski definition) is 6. The van der Waals surface area contributed by atoms with E-state index >= 15 is 0 Å². The number of hydrogen-bond donors (Lipinski definition) is 1. The van der Waals surface area contributed by atoms with Gasteiger partial charge in [-0.1, -0.05) is 41.9 Å². The molecule has 0 aliphatic carbocycles. The molecule has 1 N–H and O–H groups in total. The minimum atomic E-state index is -3.41. The maximum absolute atomic E-state index is 12.8. The number of urea groups is 1. The van der Waals surface area contributed by atoms with E-state index in [1.807, 2.05) is 34.1 Å². The zero-order chi connectivity index (χ0) is 23.2. The number of sulfone groups is 1. The highest BCUT2D eigenvalue weighted by Gasteiger charge is 2.37. The van der Waals surface area contributed by atoms with Gasteiger partial charge < -0.3 is 9.80 Å². The van der Waals surface area contributed by atoms with E-state index in [2.05, 4.69) is 20.6 Å². The van der Waals surface area contributed by atoms with Gasteiger partial charge in [0.25, 0.3) is 0 Å². The molecule has 172 valence electrons. The lowest BCUT2D eigenvalue weighted by Gasteiger charge is -2.41. The Labute approximate surface area is 196 Å². The van der Waals surface area contributed by atoms with Crippen molar-refractivity contribution in [3.8, 4) is 11.1 Å². The number of likely N-dealkylation sites (tertiary alicyclic amines) is 2. The number of carbonyl (C=O) groups excluding carboxylic acids is 1. The quantitative estimate of drug-likeness (QED) is 0.606. The van der Waals surface area contributed by atoms with Crippen LogP contribution in [0.1, 0.15) is 29.6 Å².